The van der Waals surface area contributed by atoms with Crippen molar-refractivity contribution < 1.29 is 46.9 Å². The second-order valence-electron chi connectivity index (χ2n) is 8.71. The number of carbonyl (C=O) groups excluding carboxylic acids is 3. The number of imide groups is 1. The molecule has 218 valence electrons. The first-order valence-electron chi connectivity index (χ1n) is 11.9. The number of thioether (sulfide) groups is 1. The first kappa shape index (κ1) is 30.9. The van der Waals surface area contributed by atoms with E-state index in [4.69, 9.17) is 14.6 Å². The number of hydrogen-bond donors (Lipinski definition) is 2. The molecule has 9 nitrogen and oxygen atoms in total. The third-order valence-corrected chi connectivity index (χ3v) is 7.58. The molecule has 0 radical (unpaired) electrons. The Labute approximate surface area is 254 Å². The number of anilines is 1. The number of rotatable bonds is 9. The first-order chi connectivity index (χ1) is 19.8. The minimum absolute atomic E-state index is 0.0245. The summed E-state index contributed by atoms with van der Waals surface area (Å²) in [4.78, 5) is 49.7. The van der Waals surface area contributed by atoms with E-state index in [9.17, 15) is 32.3 Å². The van der Waals surface area contributed by atoms with Crippen LogP contribution in [0.25, 0.3) is 6.08 Å². The summed E-state index contributed by atoms with van der Waals surface area (Å²) in [6, 6.07) is 13.9. The van der Waals surface area contributed by atoms with E-state index >= 15 is 0 Å². The van der Waals surface area contributed by atoms with Gasteiger partial charge in [-0.05, 0) is 94.0 Å². The number of benzene rings is 3. The number of carbonyl (C=O) groups is 4. The normalized spacial score (nSPS) is 14.3. The fourth-order valence-electron chi connectivity index (χ4n) is 3.73. The van der Waals surface area contributed by atoms with E-state index in [1.165, 1.54) is 25.3 Å². The molecule has 1 fully saturated rings. The lowest BCUT2D eigenvalue weighted by molar-refractivity contribution is -0.137. The van der Waals surface area contributed by atoms with Crippen molar-refractivity contribution in [1.29, 1.82) is 0 Å². The van der Waals surface area contributed by atoms with Gasteiger partial charge < -0.3 is 19.9 Å². The monoisotopic (exact) mass is 712 g/mol. The smallest absolute Gasteiger partial charge is 0.416 e. The number of nitrogens with zero attached hydrogens (tertiary/aromatic N) is 1. The third-order valence-electron chi connectivity index (χ3n) is 5.83. The zero-order chi connectivity index (χ0) is 30.6. The van der Waals surface area contributed by atoms with Gasteiger partial charge in [0.25, 0.3) is 11.1 Å². The maximum absolute atomic E-state index is 13.1. The molecule has 0 spiro atoms. The van der Waals surface area contributed by atoms with Gasteiger partial charge in [-0.25, -0.2) is 4.79 Å². The molecule has 42 heavy (non-hydrogen) atoms. The van der Waals surface area contributed by atoms with Crippen molar-refractivity contribution in [3.63, 3.8) is 0 Å². The summed E-state index contributed by atoms with van der Waals surface area (Å²) in [7, 11) is 1.22. The predicted molar refractivity (Wildman–Crippen MR) is 156 cm³/mol. The highest BCUT2D eigenvalue weighted by Crippen LogP contribution is 2.36. The maximum Gasteiger partial charge on any atom is 0.416 e. The summed E-state index contributed by atoms with van der Waals surface area (Å²) >= 11 is 2.68. The highest BCUT2D eigenvalue weighted by molar-refractivity contribution is 14.1. The maximum atomic E-state index is 13.1. The van der Waals surface area contributed by atoms with Crippen molar-refractivity contribution in [2.75, 3.05) is 19.0 Å². The molecule has 2 N–H and O–H groups in total. The van der Waals surface area contributed by atoms with E-state index < -0.39 is 41.3 Å². The molecule has 0 aromatic heterocycles. The van der Waals surface area contributed by atoms with Crippen LogP contribution in [0.15, 0.2) is 65.6 Å². The Morgan fingerprint density at radius 2 is 1.74 bits per heavy atom. The van der Waals surface area contributed by atoms with Gasteiger partial charge in [0.1, 0.15) is 24.7 Å². The van der Waals surface area contributed by atoms with Crippen LogP contribution in [0, 0.1) is 3.57 Å². The van der Waals surface area contributed by atoms with Crippen molar-refractivity contribution in [1.82, 2.24) is 4.90 Å². The summed E-state index contributed by atoms with van der Waals surface area (Å²) in [6.07, 6.45) is -3.17. The van der Waals surface area contributed by atoms with Gasteiger partial charge in [-0.15, -0.1) is 0 Å². The second kappa shape index (κ2) is 12.9. The average Bonchev–Trinajstić information content (AvgIpc) is 3.19. The lowest BCUT2D eigenvalue weighted by atomic mass is 10.1. The van der Waals surface area contributed by atoms with Gasteiger partial charge in [-0.1, -0.05) is 18.2 Å². The number of methoxy groups -OCH3 is 1. The Balaban J connectivity index is 1.40. The molecule has 3 amide bonds. The van der Waals surface area contributed by atoms with Crippen LogP contribution in [0.3, 0.4) is 0 Å². The summed E-state index contributed by atoms with van der Waals surface area (Å²) in [5.74, 6) is -2.11. The molecule has 3 aromatic rings. The number of carboxylic acid groups (broad SMARTS) is 1. The quantitative estimate of drug-likeness (QED) is 0.197. The molecule has 3 aromatic carbocycles. The number of aromatic carboxylic acids is 1. The van der Waals surface area contributed by atoms with E-state index in [-0.39, 0.29) is 28.5 Å². The zero-order valence-electron chi connectivity index (χ0n) is 21.5. The molecule has 4 rings (SSSR count). The molecule has 14 heteroatoms. The molecule has 0 saturated carbocycles. The first-order valence-corrected chi connectivity index (χ1v) is 13.8. The Kier molecular flexibility index (Phi) is 9.46. The van der Waals surface area contributed by atoms with Gasteiger partial charge in [-0.2, -0.15) is 13.2 Å². The molecule has 1 aliphatic heterocycles. The van der Waals surface area contributed by atoms with Gasteiger partial charge in [0.2, 0.25) is 5.91 Å². The second-order valence-corrected chi connectivity index (χ2v) is 10.9. The number of nitrogens with one attached hydrogen (secondary N) is 1. The van der Waals surface area contributed by atoms with Crippen LogP contribution in [-0.4, -0.2) is 46.7 Å². The highest BCUT2D eigenvalue weighted by atomic mass is 127. The largest absolute Gasteiger partial charge is 0.495 e. The third kappa shape index (κ3) is 7.42. The van der Waals surface area contributed by atoms with Gasteiger partial charge in [0, 0.05) is 0 Å². The van der Waals surface area contributed by atoms with Crippen molar-refractivity contribution in [3.8, 4) is 11.5 Å². The molecule has 0 unspecified atom stereocenters. The minimum Gasteiger partial charge on any atom is -0.495 e. The van der Waals surface area contributed by atoms with E-state index in [0.29, 0.717) is 37.6 Å². The number of ether oxygens (including phenoxy) is 2. The molecular formula is C28H20F3IN2O7S. The Morgan fingerprint density at radius 3 is 2.36 bits per heavy atom. The average molecular weight is 712 g/mol. The van der Waals surface area contributed by atoms with Crippen LogP contribution in [0.2, 0.25) is 0 Å². The van der Waals surface area contributed by atoms with Crippen LogP contribution < -0.4 is 14.8 Å². The molecule has 0 aliphatic carbocycles. The fourth-order valence-corrected chi connectivity index (χ4v) is 5.26. The van der Waals surface area contributed by atoms with Crippen LogP contribution in [-0.2, 0) is 22.4 Å². The summed E-state index contributed by atoms with van der Waals surface area (Å²) in [5.41, 5.74) is 0.256. The van der Waals surface area contributed by atoms with E-state index in [1.54, 1.807) is 30.3 Å². The molecular weight excluding hydrogens is 692 g/mol. The van der Waals surface area contributed by atoms with Gasteiger partial charge >= 0.3 is 12.1 Å². The van der Waals surface area contributed by atoms with E-state index in [0.717, 1.165) is 17.7 Å². The molecule has 0 atom stereocenters. The van der Waals surface area contributed by atoms with Crippen molar-refractivity contribution >= 4 is 69.1 Å². The number of alkyl halides is 3. The molecule has 0 bridgehead atoms. The Hall–Kier alpha value is -4.05. The molecule has 1 saturated heterocycles. The van der Waals surface area contributed by atoms with Crippen LogP contribution >= 0.6 is 34.4 Å². The van der Waals surface area contributed by atoms with Crippen LogP contribution in [0.5, 0.6) is 11.5 Å². The van der Waals surface area contributed by atoms with E-state index in [1.807, 2.05) is 22.6 Å². The van der Waals surface area contributed by atoms with Crippen LogP contribution in [0.1, 0.15) is 27.0 Å². The lowest BCUT2D eigenvalue weighted by Gasteiger charge is -2.16. The van der Waals surface area contributed by atoms with Crippen molar-refractivity contribution in [2.24, 2.45) is 0 Å². The summed E-state index contributed by atoms with van der Waals surface area (Å²) in [5, 5.41) is 10.6. The topological polar surface area (TPSA) is 122 Å². The number of amides is 3. The lowest BCUT2D eigenvalue weighted by Crippen LogP contribution is -2.36. The van der Waals surface area contributed by atoms with Crippen molar-refractivity contribution in [2.45, 2.75) is 12.8 Å². The zero-order valence-corrected chi connectivity index (χ0v) is 24.5. The standard InChI is InChI=1S/C28H20F3IN2O7S/c1-40-22-9-7-18(28(29,30)31)12-20(22)33-24(35)13-34-25(36)23(42-27(34)39)11-16-4-8-21(19(32)10-16)41-14-15-2-5-17(6-3-15)26(37)38/h2-12H,13-14H2,1H3,(H,33,35)(H,37,38)/b23-11-. The van der Waals surface area contributed by atoms with Gasteiger partial charge in [0.15, 0.2) is 0 Å². The van der Waals surface area contributed by atoms with Crippen molar-refractivity contribution in [3.05, 3.63) is 91.4 Å². The highest BCUT2D eigenvalue weighted by Gasteiger charge is 2.37. The summed E-state index contributed by atoms with van der Waals surface area (Å²) in [6.45, 7) is -0.512. The number of carboxylic acids is 1. The Bertz CT molecular complexity index is 1590. The predicted octanol–water partition coefficient (Wildman–Crippen LogP) is 6.27. The SMILES string of the molecule is COc1ccc(C(F)(F)F)cc1NC(=O)CN1C(=O)S/C(=C\c2ccc(OCc3ccc(C(=O)O)cc3)c(I)c2)C1=O. The summed E-state index contributed by atoms with van der Waals surface area (Å²) < 4.78 is 50.8. The molecule has 1 aliphatic rings. The number of halogens is 4. The molecule has 1 heterocycles. The van der Waals surface area contributed by atoms with Crippen LogP contribution in [0.4, 0.5) is 23.7 Å². The fraction of sp³-hybridized carbons (Fsp3) is 0.143. The van der Waals surface area contributed by atoms with E-state index in [2.05, 4.69) is 5.32 Å². The minimum atomic E-state index is -4.65. The number of hydrogen-bond acceptors (Lipinski definition) is 7. The van der Waals surface area contributed by atoms with Gasteiger partial charge in [-0.3, -0.25) is 19.3 Å². The Morgan fingerprint density at radius 1 is 1.05 bits per heavy atom. The van der Waals surface area contributed by atoms with Gasteiger partial charge in [0.05, 0.1) is 32.4 Å².